The van der Waals surface area contributed by atoms with Crippen molar-refractivity contribution in [3.8, 4) is 11.3 Å². The zero-order valence-electron chi connectivity index (χ0n) is 8.72. The highest BCUT2D eigenvalue weighted by Gasteiger charge is 2.20. The Balaban J connectivity index is 1.86. The van der Waals surface area contributed by atoms with Crippen molar-refractivity contribution in [2.24, 2.45) is 0 Å². The third kappa shape index (κ3) is 1.57. The predicted octanol–water partition coefficient (Wildman–Crippen LogP) is 2.04. The van der Waals surface area contributed by atoms with E-state index in [1.807, 2.05) is 12.1 Å². The van der Waals surface area contributed by atoms with Gasteiger partial charge in [-0.3, -0.25) is 0 Å². The van der Waals surface area contributed by atoms with Crippen molar-refractivity contribution in [2.45, 2.75) is 5.92 Å². The van der Waals surface area contributed by atoms with Crippen LogP contribution in [0.5, 0.6) is 0 Å². The Labute approximate surface area is 93.0 Å². The maximum atomic E-state index is 5.48. The molecule has 0 radical (unpaired) electrons. The monoisotopic (exact) mass is 216 g/mol. The van der Waals surface area contributed by atoms with Gasteiger partial charge in [-0.15, -0.1) is 0 Å². The summed E-state index contributed by atoms with van der Waals surface area (Å²) in [6, 6.07) is 10.00. The molecule has 2 heterocycles. The highest BCUT2D eigenvalue weighted by molar-refractivity contribution is 5.61. The van der Waals surface area contributed by atoms with Crippen LogP contribution in [0.4, 0.5) is 5.88 Å². The molecule has 2 N–H and O–H groups in total. The number of aromatic nitrogens is 1. The van der Waals surface area contributed by atoms with E-state index in [4.69, 9.17) is 15.0 Å². The fourth-order valence-electron chi connectivity index (χ4n) is 1.78. The summed E-state index contributed by atoms with van der Waals surface area (Å²) >= 11 is 0. The lowest BCUT2D eigenvalue weighted by molar-refractivity contribution is 0.00843. The second-order valence-electron chi connectivity index (χ2n) is 3.97. The maximum Gasteiger partial charge on any atom is 0.222 e. The van der Waals surface area contributed by atoms with Gasteiger partial charge in [-0.2, -0.15) is 0 Å². The Morgan fingerprint density at radius 2 is 1.94 bits per heavy atom. The molecule has 1 fully saturated rings. The van der Waals surface area contributed by atoms with Gasteiger partial charge in [0.25, 0.3) is 0 Å². The Morgan fingerprint density at radius 3 is 2.44 bits per heavy atom. The molecule has 3 rings (SSSR count). The van der Waals surface area contributed by atoms with Crippen molar-refractivity contribution in [1.82, 2.24) is 5.16 Å². The molecule has 1 aromatic carbocycles. The molecular weight excluding hydrogens is 204 g/mol. The van der Waals surface area contributed by atoms with Gasteiger partial charge in [-0.25, -0.2) is 0 Å². The molecule has 16 heavy (non-hydrogen) atoms. The van der Waals surface area contributed by atoms with E-state index in [1.165, 1.54) is 5.56 Å². The van der Waals surface area contributed by atoms with Crippen molar-refractivity contribution >= 4 is 5.88 Å². The van der Waals surface area contributed by atoms with Crippen LogP contribution in [-0.4, -0.2) is 18.4 Å². The van der Waals surface area contributed by atoms with Crippen molar-refractivity contribution in [3.63, 3.8) is 0 Å². The van der Waals surface area contributed by atoms with Crippen LogP contribution in [-0.2, 0) is 4.74 Å². The van der Waals surface area contributed by atoms with E-state index in [0.717, 1.165) is 24.5 Å². The topological polar surface area (TPSA) is 61.3 Å². The zero-order valence-corrected chi connectivity index (χ0v) is 8.72. The lowest BCUT2D eigenvalue weighted by atomic mass is 9.96. The molecule has 1 saturated heterocycles. The summed E-state index contributed by atoms with van der Waals surface area (Å²) in [6.45, 7) is 1.66. The number of nitrogen functional groups attached to an aromatic ring is 1. The molecule has 4 nitrogen and oxygen atoms in total. The van der Waals surface area contributed by atoms with Gasteiger partial charge in [-0.1, -0.05) is 29.4 Å². The Kier molecular flexibility index (Phi) is 2.15. The van der Waals surface area contributed by atoms with E-state index < -0.39 is 0 Å². The molecular formula is C12H12N2O2. The molecule has 2 aromatic rings. The molecule has 1 aliphatic rings. The normalized spacial score (nSPS) is 16.0. The predicted molar refractivity (Wildman–Crippen MR) is 59.9 cm³/mol. The van der Waals surface area contributed by atoms with E-state index in [0.29, 0.717) is 11.8 Å². The van der Waals surface area contributed by atoms with Crippen LogP contribution in [0.3, 0.4) is 0 Å². The highest BCUT2D eigenvalue weighted by atomic mass is 16.5. The minimum absolute atomic E-state index is 0.339. The molecule has 0 bridgehead atoms. The molecule has 82 valence electrons. The summed E-state index contributed by atoms with van der Waals surface area (Å²) in [7, 11) is 0. The maximum absolute atomic E-state index is 5.48. The summed E-state index contributed by atoms with van der Waals surface area (Å²) in [5.41, 5.74) is 8.58. The Morgan fingerprint density at radius 1 is 1.19 bits per heavy atom. The van der Waals surface area contributed by atoms with Gasteiger partial charge in [-0.05, 0) is 5.56 Å². The molecule has 0 aliphatic carbocycles. The second kappa shape index (κ2) is 3.64. The van der Waals surface area contributed by atoms with E-state index in [9.17, 15) is 0 Å². The van der Waals surface area contributed by atoms with Crippen LogP contribution in [0.25, 0.3) is 11.3 Å². The fraction of sp³-hybridized carbons (Fsp3) is 0.250. The zero-order chi connectivity index (χ0) is 11.0. The van der Waals surface area contributed by atoms with Crippen molar-refractivity contribution < 1.29 is 9.26 Å². The molecule has 1 aromatic heterocycles. The molecule has 0 unspecified atom stereocenters. The minimum atomic E-state index is 0.339. The number of nitrogens with two attached hydrogens (primary N) is 1. The van der Waals surface area contributed by atoms with Crippen LogP contribution in [0.15, 0.2) is 34.9 Å². The first kappa shape index (κ1) is 9.42. The summed E-state index contributed by atoms with van der Waals surface area (Å²) in [5, 5.41) is 3.87. The second-order valence-corrected chi connectivity index (χ2v) is 3.97. The smallest absolute Gasteiger partial charge is 0.222 e. The molecule has 4 heteroatoms. The summed E-state index contributed by atoms with van der Waals surface area (Å²) in [5.74, 6) is 0.892. The van der Waals surface area contributed by atoms with Crippen LogP contribution in [0.1, 0.15) is 11.5 Å². The minimum Gasteiger partial charge on any atom is -0.380 e. The number of rotatable bonds is 2. The van der Waals surface area contributed by atoms with Gasteiger partial charge < -0.3 is 15.0 Å². The molecule has 0 saturated carbocycles. The van der Waals surface area contributed by atoms with Crippen molar-refractivity contribution in [1.29, 1.82) is 0 Å². The summed E-state index contributed by atoms with van der Waals surface area (Å²) < 4.78 is 10.0. The quantitative estimate of drug-likeness (QED) is 0.834. The molecule has 0 amide bonds. The highest BCUT2D eigenvalue weighted by Crippen LogP contribution is 2.27. The van der Waals surface area contributed by atoms with E-state index >= 15 is 0 Å². The van der Waals surface area contributed by atoms with Crippen molar-refractivity contribution in [3.05, 3.63) is 35.9 Å². The van der Waals surface area contributed by atoms with Gasteiger partial charge in [0.1, 0.15) is 5.69 Å². The van der Waals surface area contributed by atoms with Gasteiger partial charge >= 0.3 is 0 Å². The molecule has 0 spiro atoms. The first-order valence-electron chi connectivity index (χ1n) is 5.23. The van der Waals surface area contributed by atoms with Crippen LogP contribution in [0.2, 0.25) is 0 Å². The summed E-state index contributed by atoms with van der Waals surface area (Å²) in [6.07, 6.45) is 0. The standard InChI is InChI=1S/C12H12N2O2/c13-12-5-11(14-16-12)9-3-1-8(2-4-9)10-6-15-7-10/h1-5,10H,6-7,13H2. The van der Waals surface area contributed by atoms with E-state index in [1.54, 1.807) is 6.07 Å². The van der Waals surface area contributed by atoms with Gasteiger partial charge in [0.15, 0.2) is 0 Å². The van der Waals surface area contributed by atoms with Crippen molar-refractivity contribution in [2.75, 3.05) is 18.9 Å². The average Bonchev–Trinajstić information content (AvgIpc) is 2.63. The third-order valence-electron chi connectivity index (χ3n) is 2.84. The number of benzene rings is 1. The van der Waals surface area contributed by atoms with E-state index in [-0.39, 0.29) is 0 Å². The Hall–Kier alpha value is -1.81. The number of hydrogen-bond donors (Lipinski definition) is 1. The number of nitrogens with zero attached hydrogens (tertiary/aromatic N) is 1. The lowest BCUT2D eigenvalue weighted by Gasteiger charge is -2.26. The number of ether oxygens (including phenoxy) is 1. The Bertz CT molecular complexity index is 486. The van der Waals surface area contributed by atoms with Gasteiger partial charge in [0, 0.05) is 17.5 Å². The SMILES string of the molecule is Nc1cc(-c2ccc(C3COC3)cc2)no1. The van der Waals surface area contributed by atoms with Gasteiger partial charge in [0.2, 0.25) is 5.88 Å². The summed E-state index contributed by atoms with van der Waals surface area (Å²) in [4.78, 5) is 0. The first-order chi connectivity index (χ1) is 7.83. The van der Waals surface area contributed by atoms with Gasteiger partial charge in [0.05, 0.1) is 13.2 Å². The van der Waals surface area contributed by atoms with Crippen LogP contribution >= 0.6 is 0 Å². The van der Waals surface area contributed by atoms with Crippen LogP contribution in [0, 0.1) is 0 Å². The first-order valence-corrected chi connectivity index (χ1v) is 5.23. The molecule has 0 atom stereocenters. The lowest BCUT2D eigenvalue weighted by Crippen LogP contribution is -2.24. The largest absolute Gasteiger partial charge is 0.380 e. The fourth-order valence-corrected chi connectivity index (χ4v) is 1.78. The molecule has 1 aliphatic heterocycles. The third-order valence-corrected chi connectivity index (χ3v) is 2.84. The average molecular weight is 216 g/mol. The van der Waals surface area contributed by atoms with E-state index in [2.05, 4.69) is 17.3 Å². The number of hydrogen-bond acceptors (Lipinski definition) is 4. The van der Waals surface area contributed by atoms with Crippen LogP contribution < -0.4 is 5.73 Å². The number of anilines is 1.